The Kier molecular flexibility index (Phi) is 4.13. The monoisotopic (exact) mass is 314 g/mol. The molecule has 110 valence electrons. The fraction of sp³-hybridized carbons (Fsp3) is 0.0714. The highest BCUT2D eigenvalue weighted by atomic mass is 32.2. The van der Waals surface area contributed by atoms with E-state index in [0.29, 0.717) is 6.07 Å². The van der Waals surface area contributed by atoms with Crippen molar-refractivity contribution in [2.75, 3.05) is 5.75 Å². The largest absolute Gasteiger partial charge is 0.293 e. The molecule has 0 spiro atoms. The number of rotatable bonds is 4. The zero-order chi connectivity index (χ0) is 15.6. The summed E-state index contributed by atoms with van der Waals surface area (Å²) in [4.78, 5) is 11.5. The van der Waals surface area contributed by atoms with Gasteiger partial charge in [0.25, 0.3) is 0 Å². The Labute approximate surface area is 119 Å². The van der Waals surface area contributed by atoms with E-state index in [1.165, 1.54) is 6.07 Å². The lowest BCUT2D eigenvalue weighted by Gasteiger charge is -2.05. The van der Waals surface area contributed by atoms with E-state index in [1.807, 2.05) is 0 Å². The minimum Gasteiger partial charge on any atom is -0.293 e. The maximum Gasteiger partial charge on any atom is 0.185 e. The Morgan fingerprint density at radius 2 is 1.67 bits per heavy atom. The molecule has 0 aliphatic rings. The second-order valence-electron chi connectivity index (χ2n) is 4.27. The van der Waals surface area contributed by atoms with Gasteiger partial charge in [0, 0.05) is 5.56 Å². The van der Waals surface area contributed by atoms with Crippen molar-refractivity contribution in [3.8, 4) is 0 Å². The smallest absolute Gasteiger partial charge is 0.185 e. The zero-order valence-corrected chi connectivity index (χ0v) is 11.3. The number of hydrogen-bond donors (Lipinski definition) is 0. The van der Waals surface area contributed by atoms with Gasteiger partial charge in [-0.15, -0.1) is 0 Å². The standard InChI is InChI=1S/C14H9F3O3S/c15-10-2-1-3-11(7-10)21(19,20)8-14(18)9-4-5-12(16)13(17)6-9/h1-7H,8H2. The van der Waals surface area contributed by atoms with Crippen LogP contribution in [0.25, 0.3) is 0 Å². The van der Waals surface area contributed by atoms with Crippen molar-refractivity contribution in [1.29, 1.82) is 0 Å². The van der Waals surface area contributed by atoms with E-state index in [0.717, 1.165) is 30.3 Å². The first kappa shape index (κ1) is 15.2. The van der Waals surface area contributed by atoms with Gasteiger partial charge in [0.15, 0.2) is 27.3 Å². The maximum absolute atomic E-state index is 13.0. The van der Waals surface area contributed by atoms with Crippen LogP contribution in [-0.4, -0.2) is 20.0 Å². The molecule has 0 aliphatic heterocycles. The van der Waals surface area contributed by atoms with E-state index >= 15 is 0 Å². The van der Waals surface area contributed by atoms with Gasteiger partial charge in [0.2, 0.25) is 0 Å². The highest BCUT2D eigenvalue weighted by Gasteiger charge is 2.21. The maximum atomic E-state index is 13.0. The summed E-state index contributed by atoms with van der Waals surface area (Å²) in [5, 5.41) is 0. The van der Waals surface area contributed by atoms with Crippen molar-refractivity contribution < 1.29 is 26.4 Å². The predicted octanol–water partition coefficient (Wildman–Crippen LogP) is 2.76. The van der Waals surface area contributed by atoms with Crippen LogP contribution in [-0.2, 0) is 9.84 Å². The lowest BCUT2D eigenvalue weighted by Crippen LogP contribution is -2.17. The van der Waals surface area contributed by atoms with E-state index < -0.39 is 38.8 Å². The molecule has 0 saturated carbocycles. The molecule has 0 N–H and O–H groups in total. The first-order valence-electron chi connectivity index (χ1n) is 5.76. The van der Waals surface area contributed by atoms with E-state index in [2.05, 4.69) is 0 Å². The topological polar surface area (TPSA) is 51.2 Å². The van der Waals surface area contributed by atoms with Gasteiger partial charge in [-0.2, -0.15) is 0 Å². The molecule has 0 amide bonds. The van der Waals surface area contributed by atoms with Crippen molar-refractivity contribution in [1.82, 2.24) is 0 Å². The fourth-order valence-electron chi connectivity index (χ4n) is 1.67. The summed E-state index contributed by atoms with van der Waals surface area (Å²) >= 11 is 0. The van der Waals surface area contributed by atoms with Gasteiger partial charge >= 0.3 is 0 Å². The molecule has 0 saturated heterocycles. The molecule has 0 aliphatic carbocycles. The number of carbonyl (C=O) groups excluding carboxylic acids is 1. The number of benzene rings is 2. The molecule has 2 aromatic rings. The van der Waals surface area contributed by atoms with Gasteiger partial charge in [-0.3, -0.25) is 4.79 Å². The highest BCUT2D eigenvalue weighted by molar-refractivity contribution is 7.92. The Bertz CT molecular complexity index is 801. The number of hydrogen-bond acceptors (Lipinski definition) is 3. The van der Waals surface area contributed by atoms with Crippen molar-refractivity contribution in [2.45, 2.75) is 4.90 Å². The van der Waals surface area contributed by atoms with E-state index in [9.17, 15) is 26.4 Å². The number of carbonyl (C=O) groups is 1. The zero-order valence-electron chi connectivity index (χ0n) is 10.5. The second kappa shape index (κ2) is 5.69. The molecule has 0 aromatic heterocycles. The fourth-order valence-corrected chi connectivity index (χ4v) is 2.93. The summed E-state index contributed by atoms with van der Waals surface area (Å²) in [7, 11) is -4.06. The number of halogens is 3. The first-order valence-corrected chi connectivity index (χ1v) is 7.41. The van der Waals surface area contributed by atoms with Gasteiger partial charge in [0.05, 0.1) is 4.90 Å². The summed E-state index contributed by atoms with van der Waals surface area (Å²) in [6.07, 6.45) is 0. The Morgan fingerprint density at radius 3 is 2.29 bits per heavy atom. The molecule has 0 heterocycles. The van der Waals surface area contributed by atoms with Crippen LogP contribution >= 0.6 is 0 Å². The van der Waals surface area contributed by atoms with Crippen LogP contribution in [0.1, 0.15) is 10.4 Å². The summed E-state index contributed by atoms with van der Waals surface area (Å²) in [6, 6.07) is 6.54. The van der Waals surface area contributed by atoms with Gasteiger partial charge < -0.3 is 0 Å². The molecule has 2 rings (SSSR count). The van der Waals surface area contributed by atoms with Crippen LogP contribution < -0.4 is 0 Å². The SMILES string of the molecule is O=C(CS(=O)(=O)c1cccc(F)c1)c1ccc(F)c(F)c1. The van der Waals surface area contributed by atoms with Crippen molar-refractivity contribution >= 4 is 15.6 Å². The number of ketones is 1. The van der Waals surface area contributed by atoms with Gasteiger partial charge in [-0.1, -0.05) is 6.07 Å². The summed E-state index contributed by atoms with van der Waals surface area (Å²) < 4.78 is 62.7. The molecule has 0 fully saturated rings. The van der Waals surface area contributed by atoms with Gasteiger partial charge in [-0.05, 0) is 36.4 Å². The second-order valence-corrected chi connectivity index (χ2v) is 6.26. The van der Waals surface area contributed by atoms with E-state index in [1.54, 1.807) is 0 Å². The molecule has 0 atom stereocenters. The minimum atomic E-state index is -4.06. The number of Topliss-reactive ketones (excluding diaryl/α,β-unsaturated/α-hetero) is 1. The molecule has 21 heavy (non-hydrogen) atoms. The summed E-state index contributed by atoms with van der Waals surface area (Å²) in [6.45, 7) is 0. The Hall–Kier alpha value is -2.15. The van der Waals surface area contributed by atoms with Crippen LogP contribution in [0.15, 0.2) is 47.4 Å². The van der Waals surface area contributed by atoms with Crippen LogP contribution in [0.3, 0.4) is 0 Å². The third-order valence-electron chi connectivity index (χ3n) is 2.72. The summed E-state index contributed by atoms with van der Waals surface area (Å²) in [5.74, 6) is -5.00. The molecule has 0 bridgehead atoms. The predicted molar refractivity (Wildman–Crippen MR) is 69.1 cm³/mol. The average Bonchev–Trinajstić information content (AvgIpc) is 2.41. The average molecular weight is 314 g/mol. The Balaban J connectivity index is 2.28. The molecule has 3 nitrogen and oxygen atoms in total. The van der Waals surface area contributed by atoms with Crippen molar-refractivity contribution in [3.05, 3.63) is 65.5 Å². The van der Waals surface area contributed by atoms with Crippen LogP contribution in [0, 0.1) is 17.5 Å². The van der Waals surface area contributed by atoms with Crippen LogP contribution in [0.5, 0.6) is 0 Å². The van der Waals surface area contributed by atoms with E-state index in [-0.39, 0.29) is 10.5 Å². The molecular weight excluding hydrogens is 305 g/mol. The normalized spacial score (nSPS) is 11.4. The highest BCUT2D eigenvalue weighted by Crippen LogP contribution is 2.15. The van der Waals surface area contributed by atoms with Crippen LogP contribution in [0.2, 0.25) is 0 Å². The van der Waals surface area contributed by atoms with Crippen LogP contribution in [0.4, 0.5) is 13.2 Å². The molecule has 2 aromatic carbocycles. The first-order chi connectivity index (χ1) is 9.79. The molecule has 0 unspecified atom stereocenters. The lowest BCUT2D eigenvalue weighted by molar-refractivity contribution is 0.102. The van der Waals surface area contributed by atoms with Crippen molar-refractivity contribution in [2.24, 2.45) is 0 Å². The lowest BCUT2D eigenvalue weighted by atomic mass is 10.1. The minimum absolute atomic E-state index is 0.270. The Morgan fingerprint density at radius 1 is 0.952 bits per heavy atom. The van der Waals surface area contributed by atoms with Gasteiger partial charge in [0.1, 0.15) is 11.6 Å². The van der Waals surface area contributed by atoms with Gasteiger partial charge in [-0.25, -0.2) is 21.6 Å². The molecule has 7 heteroatoms. The quantitative estimate of drug-likeness (QED) is 0.815. The summed E-state index contributed by atoms with van der Waals surface area (Å²) in [5.41, 5.74) is -0.270. The molecular formula is C14H9F3O3S. The third kappa shape index (κ3) is 3.49. The number of sulfone groups is 1. The third-order valence-corrected chi connectivity index (χ3v) is 4.33. The van der Waals surface area contributed by atoms with Crippen molar-refractivity contribution in [3.63, 3.8) is 0 Å². The van der Waals surface area contributed by atoms with E-state index in [4.69, 9.17) is 0 Å². The molecule has 0 radical (unpaired) electrons.